The lowest BCUT2D eigenvalue weighted by Gasteiger charge is -2.31. The molecule has 1 heterocycles. The van der Waals surface area contributed by atoms with Gasteiger partial charge < -0.3 is 9.64 Å². The number of carbonyl (C=O) groups is 1. The SMILES string of the molecule is O=C(C1=Cc2c(OCCCCl)cccc21)N1CCCCC1. The first kappa shape index (κ1) is 14.5. The molecule has 1 fully saturated rings. The lowest BCUT2D eigenvalue weighted by molar-refractivity contribution is -0.125. The van der Waals surface area contributed by atoms with Crippen LogP contribution >= 0.6 is 11.6 Å². The molecule has 21 heavy (non-hydrogen) atoms. The summed E-state index contributed by atoms with van der Waals surface area (Å²) in [7, 11) is 0. The van der Waals surface area contributed by atoms with Crippen LogP contribution in [0.1, 0.15) is 36.8 Å². The van der Waals surface area contributed by atoms with Gasteiger partial charge in [-0.15, -0.1) is 11.6 Å². The molecule has 1 aliphatic carbocycles. The molecular weight excluding hydrogens is 286 g/mol. The molecule has 0 spiro atoms. The maximum Gasteiger partial charge on any atom is 0.254 e. The second kappa shape index (κ2) is 6.52. The molecule has 1 aromatic carbocycles. The van der Waals surface area contributed by atoms with Crippen molar-refractivity contribution in [1.29, 1.82) is 0 Å². The molecule has 0 radical (unpaired) electrons. The Morgan fingerprint density at radius 3 is 2.81 bits per heavy atom. The number of piperidine rings is 1. The van der Waals surface area contributed by atoms with Gasteiger partial charge in [0, 0.05) is 30.1 Å². The van der Waals surface area contributed by atoms with E-state index in [0.29, 0.717) is 12.5 Å². The number of halogens is 1. The van der Waals surface area contributed by atoms with Crippen molar-refractivity contribution >= 4 is 29.2 Å². The number of rotatable bonds is 5. The quantitative estimate of drug-likeness (QED) is 0.615. The van der Waals surface area contributed by atoms with E-state index in [9.17, 15) is 4.79 Å². The fourth-order valence-corrected chi connectivity index (χ4v) is 2.99. The molecule has 0 bridgehead atoms. The zero-order valence-corrected chi connectivity index (χ0v) is 12.9. The average Bonchev–Trinajstić information content (AvgIpc) is 2.50. The molecule has 2 aliphatic rings. The van der Waals surface area contributed by atoms with Crippen molar-refractivity contribution in [2.75, 3.05) is 25.6 Å². The van der Waals surface area contributed by atoms with Gasteiger partial charge in [0.25, 0.3) is 5.91 Å². The van der Waals surface area contributed by atoms with Gasteiger partial charge in [0.05, 0.1) is 6.61 Å². The molecule has 1 aliphatic heterocycles. The van der Waals surface area contributed by atoms with Crippen molar-refractivity contribution in [3.05, 3.63) is 29.3 Å². The molecule has 112 valence electrons. The van der Waals surface area contributed by atoms with E-state index in [2.05, 4.69) is 0 Å². The molecule has 1 aromatic rings. The van der Waals surface area contributed by atoms with Crippen LogP contribution < -0.4 is 4.74 Å². The maximum atomic E-state index is 12.5. The standard InChI is InChI=1S/C17H20ClNO2/c18-8-5-11-21-16-7-4-6-13-14(16)12-15(13)17(20)19-9-2-1-3-10-19/h4,6-7,12H,1-3,5,8-11H2. The lowest BCUT2D eigenvalue weighted by atomic mass is 9.86. The number of hydrogen-bond donors (Lipinski definition) is 0. The minimum Gasteiger partial charge on any atom is -0.493 e. The number of nitrogens with zero attached hydrogens (tertiary/aromatic N) is 1. The highest BCUT2D eigenvalue weighted by Crippen LogP contribution is 2.40. The third-order valence-corrected chi connectivity index (χ3v) is 4.32. The van der Waals surface area contributed by atoms with E-state index in [1.807, 2.05) is 29.2 Å². The summed E-state index contributed by atoms with van der Waals surface area (Å²) < 4.78 is 5.73. The van der Waals surface area contributed by atoms with E-state index < -0.39 is 0 Å². The van der Waals surface area contributed by atoms with Crippen LogP contribution in [0.5, 0.6) is 5.75 Å². The number of amides is 1. The first-order valence-electron chi connectivity index (χ1n) is 7.64. The van der Waals surface area contributed by atoms with Gasteiger partial charge in [-0.25, -0.2) is 0 Å². The minimum absolute atomic E-state index is 0.167. The first-order chi connectivity index (χ1) is 10.3. The molecular formula is C17H20ClNO2. The highest BCUT2D eigenvalue weighted by atomic mass is 35.5. The van der Waals surface area contributed by atoms with E-state index in [0.717, 1.165) is 54.8 Å². The van der Waals surface area contributed by atoms with E-state index in [1.165, 1.54) is 6.42 Å². The van der Waals surface area contributed by atoms with Gasteiger partial charge in [0.15, 0.2) is 0 Å². The van der Waals surface area contributed by atoms with Crippen LogP contribution in [0.2, 0.25) is 0 Å². The number of ether oxygens (including phenoxy) is 1. The topological polar surface area (TPSA) is 29.5 Å². The molecule has 0 unspecified atom stereocenters. The summed E-state index contributed by atoms with van der Waals surface area (Å²) in [6, 6.07) is 5.90. The smallest absolute Gasteiger partial charge is 0.254 e. The van der Waals surface area contributed by atoms with Crippen molar-refractivity contribution in [2.24, 2.45) is 0 Å². The van der Waals surface area contributed by atoms with E-state index >= 15 is 0 Å². The minimum atomic E-state index is 0.167. The van der Waals surface area contributed by atoms with Crippen molar-refractivity contribution < 1.29 is 9.53 Å². The highest BCUT2D eigenvalue weighted by Gasteiger charge is 2.29. The molecule has 0 saturated carbocycles. The van der Waals surface area contributed by atoms with Crippen LogP contribution in [0.25, 0.3) is 11.6 Å². The molecule has 3 rings (SSSR count). The first-order valence-corrected chi connectivity index (χ1v) is 8.18. The normalized spacial score (nSPS) is 16.8. The number of alkyl halides is 1. The Balaban J connectivity index is 1.70. The van der Waals surface area contributed by atoms with Gasteiger partial charge in [-0.3, -0.25) is 4.79 Å². The predicted octanol–water partition coefficient (Wildman–Crippen LogP) is 3.56. The largest absolute Gasteiger partial charge is 0.493 e. The molecule has 4 heteroatoms. The van der Waals surface area contributed by atoms with Gasteiger partial charge in [0.2, 0.25) is 0 Å². The maximum absolute atomic E-state index is 12.5. The Kier molecular flexibility index (Phi) is 4.49. The van der Waals surface area contributed by atoms with E-state index in [4.69, 9.17) is 16.3 Å². The molecule has 0 atom stereocenters. The van der Waals surface area contributed by atoms with Crippen LogP contribution in [-0.2, 0) is 4.79 Å². The number of benzene rings is 1. The Hall–Kier alpha value is -1.48. The van der Waals surface area contributed by atoms with Crippen LogP contribution in [0.15, 0.2) is 18.2 Å². The molecule has 0 aromatic heterocycles. The summed E-state index contributed by atoms with van der Waals surface area (Å²) >= 11 is 5.66. The van der Waals surface area contributed by atoms with E-state index in [-0.39, 0.29) is 5.91 Å². The van der Waals surface area contributed by atoms with Gasteiger partial charge in [0.1, 0.15) is 5.75 Å². The van der Waals surface area contributed by atoms with Gasteiger partial charge >= 0.3 is 0 Å². The summed E-state index contributed by atoms with van der Waals surface area (Å²) in [5.74, 6) is 1.62. The third kappa shape index (κ3) is 2.93. The predicted molar refractivity (Wildman–Crippen MR) is 85.6 cm³/mol. The van der Waals surface area contributed by atoms with Crippen LogP contribution in [0.4, 0.5) is 0 Å². The summed E-state index contributed by atoms with van der Waals surface area (Å²) in [5.41, 5.74) is 2.90. The lowest BCUT2D eigenvalue weighted by Crippen LogP contribution is -2.37. The Morgan fingerprint density at radius 2 is 2.05 bits per heavy atom. The van der Waals surface area contributed by atoms with E-state index in [1.54, 1.807) is 0 Å². The fraction of sp³-hybridized carbons (Fsp3) is 0.471. The molecule has 1 amide bonds. The third-order valence-electron chi connectivity index (χ3n) is 4.05. The number of likely N-dealkylation sites (tertiary alicyclic amines) is 1. The monoisotopic (exact) mass is 305 g/mol. The Bertz CT molecular complexity index is 562. The summed E-state index contributed by atoms with van der Waals surface area (Å²) in [6.45, 7) is 2.39. The zero-order chi connectivity index (χ0) is 14.7. The summed E-state index contributed by atoms with van der Waals surface area (Å²) in [5, 5.41) is 0. The van der Waals surface area contributed by atoms with Crippen LogP contribution in [-0.4, -0.2) is 36.4 Å². The van der Waals surface area contributed by atoms with Crippen LogP contribution in [0.3, 0.4) is 0 Å². The van der Waals surface area contributed by atoms with Crippen molar-refractivity contribution in [1.82, 2.24) is 4.90 Å². The van der Waals surface area contributed by atoms with Gasteiger partial charge in [-0.2, -0.15) is 0 Å². The van der Waals surface area contributed by atoms with Crippen molar-refractivity contribution in [2.45, 2.75) is 25.7 Å². The fourth-order valence-electron chi connectivity index (χ4n) is 2.88. The Morgan fingerprint density at radius 1 is 1.24 bits per heavy atom. The van der Waals surface area contributed by atoms with Crippen molar-refractivity contribution in [3.8, 4) is 5.75 Å². The number of fused-ring (bicyclic) bond motifs is 1. The van der Waals surface area contributed by atoms with Crippen LogP contribution in [0, 0.1) is 0 Å². The summed E-state index contributed by atoms with van der Waals surface area (Å²) in [4.78, 5) is 14.5. The second-order valence-corrected chi connectivity index (χ2v) is 5.90. The van der Waals surface area contributed by atoms with Gasteiger partial charge in [-0.1, -0.05) is 12.1 Å². The molecule has 3 nitrogen and oxygen atoms in total. The summed E-state index contributed by atoms with van der Waals surface area (Å²) in [6.07, 6.45) is 6.26. The molecule has 0 N–H and O–H groups in total. The average molecular weight is 306 g/mol. The highest BCUT2D eigenvalue weighted by molar-refractivity contribution is 6.29. The number of carbonyl (C=O) groups excluding carboxylic acids is 1. The van der Waals surface area contributed by atoms with Crippen molar-refractivity contribution in [3.63, 3.8) is 0 Å². The number of hydrogen-bond acceptors (Lipinski definition) is 2. The second-order valence-electron chi connectivity index (χ2n) is 5.52. The Labute approximate surface area is 130 Å². The zero-order valence-electron chi connectivity index (χ0n) is 12.1. The van der Waals surface area contributed by atoms with Gasteiger partial charge in [-0.05, 0) is 43.4 Å². The molecule has 1 saturated heterocycles.